The second-order valence-electron chi connectivity index (χ2n) is 5.92. The third-order valence-corrected chi connectivity index (χ3v) is 4.31. The second-order valence-corrected chi connectivity index (χ2v) is 5.92. The molecule has 0 aliphatic carbocycles. The molecule has 24 heavy (non-hydrogen) atoms. The van der Waals surface area contributed by atoms with E-state index in [4.69, 9.17) is 4.98 Å². The average molecular weight is 323 g/mol. The van der Waals surface area contributed by atoms with E-state index in [1.807, 2.05) is 22.9 Å². The molecule has 0 spiro atoms. The molecule has 1 fully saturated rings. The highest BCUT2D eigenvalue weighted by atomic mass is 19.1. The molecule has 0 saturated carbocycles. The number of aromatic nitrogens is 4. The minimum atomic E-state index is -0.263. The SMILES string of the molecule is Fc1ccc(-c2nc(C3CCNCC3)n(-c3ccccn3)n2)cc1. The molecule has 0 amide bonds. The predicted octanol–water partition coefficient (Wildman–Crippen LogP) is 2.94. The van der Waals surface area contributed by atoms with Crippen molar-refractivity contribution in [1.29, 1.82) is 0 Å². The van der Waals surface area contributed by atoms with E-state index in [2.05, 4.69) is 15.4 Å². The predicted molar refractivity (Wildman–Crippen MR) is 89.4 cm³/mol. The Labute approximate surface area is 139 Å². The Morgan fingerprint density at radius 1 is 1.04 bits per heavy atom. The van der Waals surface area contributed by atoms with E-state index in [1.165, 1.54) is 12.1 Å². The van der Waals surface area contributed by atoms with Gasteiger partial charge >= 0.3 is 0 Å². The van der Waals surface area contributed by atoms with Crippen LogP contribution in [0.4, 0.5) is 4.39 Å². The molecule has 0 atom stereocenters. The summed E-state index contributed by atoms with van der Waals surface area (Å²) in [7, 11) is 0. The molecule has 1 aliphatic heterocycles. The Hall–Kier alpha value is -2.60. The zero-order valence-corrected chi connectivity index (χ0v) is 13.2. The van der Waals surface area contributed by atoms with Crippen LogP contribution in [0.25, 0.3) is 17.2 Å². The smallest absolute Gasteiger partial charge is 0.181 e. The number of nitrogens with zero attached hydrogens (tertiary/aromatic N) is 4. The highest BCUT2D eigenvalue weighted by Gasteiger charge is 2.24. The molecule has 0 radical (unpaired) electrons. The zero-order valence-electron chi connectivity index (χ0n) is 13.2. The topological polar surface area (TPSA) is 55.6 Å². The van der Waals surface area contributed by atoms with Crippen molar-refractivity contribution in [2.45, 2.75) is 18.8 Å². The highest BCUT2D eigenvalue weighted by Crippen LogP contribution is 2.28. The van der Waals surface area contributed by atoms with Gasteiger partial charge in [0.2, 0.25) is 0 Å². The number of pyridine rings is 1. The van der Waals surface area contributed by atoms with Crippen LogP contribution in [0.1, 0.15) is 24.6 Å². The van der Waals surface area contributed by atoms with Gasteiger partial charge in [0.05, 0.1) is 0 Å². The van der Waals surface area contributed by atoms with Crippen LogP contribution in [-0.4, -0.2) is 32.8 Å². The van der Waals surface area contributed by atoms with Gasteiger partial charge < -0.3 is 5.32 Å². The lowest BCUT2D eigenvalue weighted by atomic mass is 9.97. The van der Waals surface area contributed by atoms with E-state index >= 15 is 0 Å². The van der Waals surface area contributed by atoms with Crippen molar-refractivity contribution in [3.05, 3.63) is 60.3 Å². The maximum Gasteiger partial charge on any atom is 0.181 e. The Bertz CT molecular complexity index is 807. The first-order valence-corrected chi connectivity index (χ1v) is 8.16. The molecule has 1 N–H and O–H groups in total. The fourth-order valence-electron chi connectivity index (χ4n) is 3.04. The summed E-state index contributed by atoms with van der Waals surface area (Å²) in [6.07, 6.45) is 3.80. The average Bonchev–Trinajstić information content (AvgIpc) is 3.09. The number of hydrogen-bond donors (Lipinski definition) is 1. The minimum absolute atomic E-state index is 0.263. The molecule has 0 unspecified atom stereocenters. The number of rotatable bonds is 3. The van der Waals surface area contributed by atoms with Gasteiger partial charge in [0.25, 0.3) is 0 Å². The van der Waals surface area contributed by atoms with E-state index in [1.54, 1.807) is 18.3 Å². The van der Waals surface area contributed by atoms with Crippen molar-refractivity contribution in [3.63, 3.8) is 0 Å². The zero-order chi connectivity index (χ0) is 16.4. The minimum Gasteiger partial charge on any atom is -0.317 e. The molecule has 0 bridgehead atoms. The van der Waals surface area contributed by atoms with Crippen LogP contribution in [0.15, 0.2) is 48.7 Å². The van der Waals surface area contributed by atoms with Gasteiger partial charge in [-0.3, -0.25) is 0 Å². The summed E-state index contributed by atoms with van der Waals surface area (Å²) in [6.45, 7) is 1.96. The number of hydrogen-bond acceptors (Lipinski definition) is 4. The molecule has 4 rings (SSSR count). The van der Waals surface area contributed by atoms with Gasteiger partial charge in [-0.15, -0.1) is 5.10 Å². The monoisotopic (exact) mass is 323 g/mol. The van der Waals surface area contributed by atoms with Gasteiger partial charge in [0.1, 0.15) is 11.6 Å². The highest BCUT2D eigenvalue weighted by molar-refractivity contribution is 5.54. The summed E-state index contributed by atoms with van der Waals surface area (Å²) < 4.78 is 15.0. The molecule has 1 saturated heterocycles. The van der Waals surface area contributed by atoms with Crippen LogP contribution >= 0.6 is 0 Å². The fraction of sp³-hybridized carbons (Fsp3) is 0.278. The van der Waals surface area contributed by atoms with Crippen LogP contribution in [-0.2, 0) is 0 Å². The van der Waals surface area contributed by atoms with Crippen molar-refractivity contribution in [1.82, 2.24) is 25.1 Å². The van der Waals surface area contributed by atoms with Crippen molar-refractivity contribution in [2.75, 3.05) is 13.1 Å². The molecular weight excluding hydrogens is 305 g/mol. The maximum absolute atomic E-state index is 13.2. The van der Waals surface area contributed by atoms with E-state index in [0.29, 0.717) is 11.7 Å². The van der Waals surface area contributed by atoms with Gasteiger partial charge in [0.15, 0.2) is 11.6 Å². The van der Waals surface area contributed by atoms with Crippen LogP contribution in [0.5, 0.6) is 0 Å². The summed E-state index contributed by atoms with van der Waals surface area (Å²) >= 11 is 0. The third-order valence-electron chi connectivity index (χ3n) is 4.31. The quantitative estimate of drug-likeness (QED) is 0.805. The van der Waals surface area contributed by atoms with Crippen LogP contribution in [0.3, 0.4) is 0 Å². The number of nitrogens with one attached hydrogen (secondary N) is 1. The first-order chi connectivity index (χ1) is 11.8. The molecule has 5 nitrogen and oxygen atoms in total. The first-order valence-electron chi connectivity index (χ1n) is 8.16. The largest absolute Gasteiger partial charge is 0.317 e. The van der Waals surface area contributed by atoms with Crippen molar-refractivity contribution < 1.29 is 4.39 Å². The molecular formula is C18H18FN5. The van der Waals surface area contributed by atoms with Crippen molar-refractivity contribution in [2.24, 2.45) is 0 Å². The molecule has 3 heterocycles. The van der Waals surface area contributed by atoms with Crippen LogP contribution in [0, 0.1) is 5.82 Å². The number of piperidine rings is 1. The molecule has 122 valence electrons. The summed E-state index contributed by atoms with van der Waals surface area (Å²) in [5, 5.41) is 8.03. The number of benzene rings is 1. The van der Waals surface area contributed by atoms with Crippen LogP contribution in [0.2, 0.25) is 0 Å². The Kier molecular flexibility index (Phi) is 4.04. The molecule has 1 aliphatic rings. The molecule has 3 aromatic rings. The Balaban J connectivity index is 1.79. The Morgan fingerprint density at radius 2 is 1.83 bits per heavy atom. The van der Waals surface area contributed by atoms with Gasteiger partial charge in [-0.2, -0.15) is 4.68 Å². The van der Waals surface area contributed by atoms with E-state index in [0.717, 1.165) is 43.1 Å². The van der Waals surface area contributed by atoms with Crippen molar-refractivity contribution >= 4 is 0 Å². The summed E-state index contributed by atoms with van der Waals surface area (Å²) in [4.78, 5) is 9.18. The molecule has 1 aromatic carbocycles. The van der Waals surface area contributed by atoms with E-state index < -0.39 is 0 Å². The van der Waals surface area contributed by atoms with Gasteiger partial charge in [-0.1, -0.05) is 6.07 Å². The van der Waals surface area contributed by atoms with Gasteiger partial charge in [-0.05, 0) is 62.3 Å². The normalized spacial score (nSPS) is 15.5. The summed E-state index contributed by atoms with van der Waals surface area (Å²) in [6, 6.07) is 12.0. The van der Waals surface area contributed by atoms with E-state index in [-0.39, 0.29) is 5.82 Å². The molecule has 2 aromatic heterocycles. The summed E-state index contributed by atoms with van der Waals surface area (Å²) in [5.74, 6) is 2.37. The lowest BCUT2D eigenvalue weighted by Gasteiger charge is -2.21. The first kappa shape index (κ1) is 15.0. The summed E-state index contributed by atoms with van der Waals surface area (Å²) in [5.41, 5.74) is 0.807. The second kappa shape index (κ2) is 6.49. The van der Waals surface area contributed by atoms with Crippen LogP contribution < -0.4 is 5.32 Å². The van der Waals surface area contributed by atoms with Crippen molar-refractivity contribution in [3.8, 4) is 17.2 Å². The molecule has 6 heteroatoms. The third kappa shape index (κ3) is 2.92. The van der Waals surface area contributed by atoms with Gasteiger partial charge in [0, 0.05) is 17.7 Å². The number of halogens is 1. The lowest BCUT2D eigenvalue weighted by molar-refractivity contribution is 0.438. The maximum atomic E-state index is 13.2. The van der Waals surface area contributed by atoms with Gasteiger partial charge in [-0.25, -0.2) is 14.4 Å². The fourth-order valence-corrected chi connectivity index (χ4v) is 3.04. The van der Waals surface area contributed by atoms with E-state index in [9.17, 15) is 4.39 Å². The standard InChI is InChI=1S/C18H18FN5/c19-15-6-4-13(5-7-15)17-22-18(14-8-11-20-12-9-14)24(23-17)16-3-1-2-10-21-16/h1-7,10,14,20H,8-9,11-12H2. The Morgan fingerprint density at radius 3 is 2.54 bits per heavy atom. The lowest BCUT2D eigenvalue weighted by Crippen LogP contribution is -2.28.